The van der Waals surface area contributed by atoms with E-state index in [1.807, 2.05) is 0 Å². The lowest BCUT2D eigenvalue weighted by Crippen LogP contribution is -2.40. The van der Waals surface area contributed by atoms with Crippen LogP contribution in [0.5, 0.6) is 0 Å². The summed E-state index contributed by atoms with van der Waals surface area (Å²) in [6, 6.07) is 5.98. The van der Waals surface area contributed by atoms with Crippen LogP contribution in [0.15, 0.2) is 29.1 Å². The van der Waals surface area contributed by atoms with Gasteiger partial charge in [-0.1, -0.05) is 6.42 Å². The maximum Gasteiger partial charge on any atom is 0.267 e. The number of aromatic nitrogens is 2. The minimum atomic E-state index is -0.445. The van der Waals surface area contributed by atoms with Crippen molar-refractivity contribution in [1.29, 1.82) is 0 Å². The summed E-state index contributed by atoms with van der Waals surface area (Å²) in [6.45, 7) is 0.335. The lowest BCUT2D eigenvalue weighted by atomic mass is 10.1. The van der Waals surface area contributed by atoms with Crippen LogP contribution in [0.25, 0.3) is 0 Å². The summed E-state index contributed by atoms with van der Waals surface area (Å²) < 4.78 is 1.20. The van der Waals surface area contributed by atoms with Crippen molar-refractivity contribution in [1.82, 2.24) is 14.7 Å². The third-order valence-corrected chi connectivity index (χ3v) is 6.43. The standard InChI is InChI=1S/C23H25N5O4/c29-20(13-28-21(30)11-14-5-2-1-3-6-17(14)26-28)24-15-8-9-18-16(12-15)23(32)27-10-4-7-19(27)22(31)25-18/h8-9,11-12,19H,1-7,10,13H2,(H,24,29)(H,25,31)/t19-/m1/s1. The molecule has 1 aliphatic carbocycles. The Balaban J connectivity index is 1.34. The summed E-state index contributed by atoms with van der Waals surface area (Å²) >= 11 is 0. The van der Waals surface area contributed by atoms with Crippen LogP contribution in [0.2, 0.25) is 0 Å². The topological polar surface area (TPSA) is 113 Å². The first kappa shape index (κ1) is 20.4. The van der Waals surface area contributed by atoms with Crippen LogP contribution in [-0.4, -0.2) is 45.0 Å². The normalized spacial score (nSPS) is 19.9. The molecule has 3 aliphatic rings. The van der Waals surface area contributed by atoms with Crippen LogP contribution >= 0.6 is 0 Å². The Kier molecular flexibility index (Phi) is 5.24. The van der Waals surface area contributed by atoms with Gasteiger partial charge >= 0.3 is 0 Å². The Morgan fingerprint density at radius 2 is 1.94 bits per heavy atom. The number of aryl methyl sites for hydroxylation is 2. The maximum absolute atomic E-state index is 13.0. The zero-order chi connectivity index (χ0) is 22.2. The summed E-state index contributed by atoms with van der Waals surface area (Å²) in [7, 11) is 0. The minimum absolute atomic E-state index is 0.181. The molecule has 0 spiro atoms. The van der Waals surface area contributed by atoms with Gasteiger partial charge in [0.05, 0.1) is 16.9 Å². The quantitative estimate of drug-likeness (QED) is 0.713. The average Bonchev–Trinajstić information content (AvgIpc) is 3.12. The van der Waals surface area contributed by atoms with Crippen LogP contribution in [0, 0.1) is 0 Å². The van der Waals surface area contributed by atoms with E-state index in [0.29, 0.717) is 29.9 Å². The van der Waals surface area contributed by atoms with E-state index in [9.17, 15) is 19.2 Å². The van der Waals surface area contributed by atoms with E-state index in [-0.39, 0.29) is 23.9 Å². The summed E-state index contributed by atoms with van der Waals surface area (Å²) in [5.41, 5.74) is 2.80. The van der Waals surface area contributed by atoms with Crippen molar-refractivity contribution in [3.05, 3.63) is 51.4 Å². The Morgan fingerprint density at radius 3 is 2.81 bits per heavy atom. The molecule has 2 N–H and O–H groups in total. The summed E-state index contributed by atoms with van der Waals surface area (Å²) in [5.74, 6) is -0.807. The highest BCUT2D eigenvalue weighted by atomic mass is 16.2. The highest BCUT2D eigenvalue weighted by Crippen LogP contribution is 2.30. The largest absolute Gasteiger partial charge is 0.327 e. The zero-order valence-corrected chi connectivity index (χ0v) is 17.7. The molecule has 1 atom stereocenters. The van der Waals surface area contributed by atoms with Gasteiger partial charge in [0, 0.05) is 18.3 Å². The predicted octanol–water partition coefficient (Wildman–Crippen LogP) is 1.71. The molecule has 0 saturated carbocycles. The molecular weight excluding hydrogens is 410 g/mol. The van der Waals surface area contributed by atoms with Gasteiger partial charge in [-0.3, -0.25) is 19.2 Å². The summed E-state index contributed by atoms with van der Waals surface area (Å²) in [4.78, 5) is 52.0. The van der Waals surface area contributed by atoms with Gasteiger partial charge < -0.3 is 15.5 Å². The molecule has 32 heavy (non-hydrogen) atoms. The highest BCUT2D eigenvalue weighted by molar-refractivity contribution is 6.11. The molecule has 2 aromatic rings. The number of carbonyl (C=O) groups is 3. The molecule has 0 unspecified atom stereocenters. The first-order chi connectivity index (χ1) is 15.5. The van der Waals surface area contributed by atoms with Gasteiger partial charge in [-0.2, -0.15) is 5.10 Å². The number of benzene rings is 1. The summed E-state index contributed by atoms with van der Waals surface area (Å²) in [6.07, 6.45) is 6.29. The van der Waals surface area contributed by atoms with Gasteiger partial charge in [-0.25, -0.2) is 4.68 Å². The molecule has 166 valence electrons. The van der Waals surface area contributed by atoms with E-state index < -0.39 is 11.9 Å². The van der Waals surface area contributed by atoms with Crippen molar-refractivity contribution < 1.29 is 14.4 Å². The number of hydrogen-bond donors (Lipinski definition) is 2. The van der Waals surface area contributed by atoms with Crippen LogP contribution in [0.1, 0.15) is 53.7 Å². The number of hydrogen-bond acceptors (Lipinski definition) is 5. The smallest absolute Gasteiger partial charge is 0.267 e. The van der Waals surface area contributed by atoms with Crippen LogP contribution in [-0.2, 0) is 29.0 Å². The molecule has 0 bridgehead atoms. The molecule has 1 fully saturated rings. The Labute approximate surface area is 184 Å². The number of nitrogens with zero attached hydrogens (tertiary/aromatic N) is 3. The Morgan fingerprint density at radius 1 is 1.09 bits per heavy atom. The highest BCUT2D eigenvalue weighted by Gasteiger charge is 2.38. The van der Waals surface area contributed by atoms with Gasteiger partial charge in [0.15, 0.2) is 0 Å². The monoisotopic (exact) mass is 435 g/mol. The SMILES string of the molecule is O=C(Cn1nc2c(cc1=O)CCCCC2)Nc1ccc2c(c1)C(=O)N1CCC[C@@H]1C(=O)N2. The van der Waals surface area contributed by atoms with Crippen molar-refractivity contribution in [2.45, 2.75) is 57.5 Å². The van der Waals surface area contributed by atoms with E-state index in [0.717, 1.165) is 49.8 Å². The summed E-state index contributed by atoms with van der Waals surface area (Å²) in [5, 5.41) is 10.00. The predicted molar refractivity (Wildman–Crippen MR) is 118 cm³/mol. The number of fused-ring (bicyclic) bond motifs is 3. The molecule has 1 aromatic carbocycles. The second kappa shape index (κ2) is 8.22. The van der Waals surface area contributed by atoms with E-state index in [4.69, 9.17) is 0 Å². The number of nitrogens with one attached hydrogen (secondary N) is 2. The van der Waals surface area contributed by atoms with Gasteiger partial charge in [-0.15, -0.1) is 0 Å². The fourth-order valence-electron chi connectivity index (χ4n) is 4.79. The molecule has 3 amide bonds. The van der Waals surface area contributed by atoms with Gasteiger partial charge in [0.25, 0.3) is 11.5 Å². The molecule has 5 rings (SSSR count). The lowest BCUT2D eigenvalue weighted by molar-refractivity contribution is -0.119. The first-order valence-electron chi connectivity index (χ1n) is 11.2. The van der Waals surface area contributed by atoms with E-state index in [1.165, 1.54) is 4.68 Å². The van der Waals surface area contributed by atoms with E-state index >= 15 is 0 Å². The second-order valence-corrected chi connectivity index (χ2v) is 8.63. The fourth-order valence-corrected chi connectivity index (χ4v) is 4.79. The molecule has 1 saturated heterocycles. The van der Waals surface area contributed by atoms with Crippen LogP contribution < -0.4 is 16.2 Å². The van der Waals surface area contributed by atoms with Crippen molar-refractivity contribution in [2.75, 3.05) is 17.2 Å². The molecule has 3 heterocycles. The molecule has 9 nitrogen and oxygen atoms in total. The van der Waals surface area contributed by atoms with Crippen LogP contribution in [0.3, 0.4) is 0 Å². The fraction of sp³-hybridized carbons (Fsp3) is 0.435. The van der Waals surface area contributed by atoms with Crippen molar-refractivity contribution in [2.24, 2.45) is 0 Å². The molecule has 0 radical (unpaired) electrons. The lowest BCUT2D eigenvalue weighted by Gasteiger charge is -2.20. The minimum Gasteiger partial charge on any atom is -0.327 e. The second-order valence-electron chi connectivity index (χ2n) is 8.63. The Hall–Kier alpha value is -3.49. The van der Waals surface area contributed by atoms with Gasteiger partial charge in [-0.05, 0) is 62.3 Å². The number of anilines is 2. The maximum atomic E-state index is 13.0. The van der Waals surface area contributed by atoms with Crippen molar-refractivity contribution in [3.63, 3.8) is 0 Å². The van der Waals surface area contributed by atoms with Gasteiger partial charge in [0.2, 0.25) is 11.8 Å². The molecular formula is C23H25N5O4. The number of carbonyl (C=O) groups excluding carboxylic acids is 3. The third kappa shape index (κ3) is 3.79. The average molecular weight is 435 g/mol. The van der Waals surface area contributed by atoms with E-state index in [1.54, 1.807) is 29.2 Å². The number of rotatable bonds is 3. The number of amides is 3. The van der Waals surface area contributed by atoms with Gasteiger partial charge in [0.1, 0.15) is 12.6 Å². The Bertz CT molecular complexity index is 1170. The van der Waals surface area contributed by atoms with Crippen LogP contribution in [0.4, 0.5) is 11.4 Å². The first-order valence-corrected chi connectivity index (χ1v) is 11.2. The molecule has 2 aliphatic heterocycles. The zero-order valence-electron chi connectivity index (χ0n) is 17.7. The third-order valence-electron chi connectivity index (χ3n) is 6.43. The molecule has 9 heteroatoms. The van der Waals surface area contributed by atoms with E-state index in [2.05, 4.69) is 15.7 Å². The van der Waals surface area contributed by atoms with Crippen molar-refractivity contribution >= 4 is 29.1 Å². The van der Waals surface area contributed by atoms with Crippen molar-refractivity contribution in [3.8, 4) is 0 Å². The molecule has 1 aromatic heterocycles.